The molecule has 1 aliphatic heterocycles. The van der Waals surface area contributed by atoms with Crippen molar-refractivity contribution >= 4 is 34.7 Å². The van der Waals surface area contributed by atoms with Gasteiger partial charge in [0.2, 0.25) is 5.95 Å². The van der Waals surface area contributed by atoms with E-state index in [0.717, 1.165) is 37.8 Å². The zero-order valence-corrected chi connectivity index (χ0v) is 16.4. The molecule has 2 heterocycles. The van der Waals surface area contributed by atoms with Crippen molar-refractivity contribution in [1.82, 2.24) is 9.97 Å². The van der Waals surface area contributed by atoms with E-state index in [2.05, 4.69) is 49.4 Å². The van der Waals surface area contributed by atoms with E-state index in [1.54, 1.807) is 19.4 Å². The highest BCUT2D eigenvalue weighted by atomic mass is 35.5. The smallest absolute Gasteiger partial charge is 0.227 e. The summed E-state index contributed by atoms with van der Waals surface area (Å²) in [5, 5.41) is 3.91. The molecule has 1 N–H and O–H groups in total. The van der Waals surface area contributed by atoms with Gasteiger partial charge in [-0.05, 0) is 36.4 Å². The monoisotopic (exact) mass is 395 g/mol. The predicted octanol–water partition coefficient (Wildman–Crippen LogP) is 4.21. The van der Waals surface area contributed by atoms with Crippen LogP contribution in [0.4, 0.5) is 23.1 Å². The first kappa shape index (κ1) is 18.4. The minimum Gasteiger partial charge on any atom is -0.495 e. The fraction of sp³-hybridized carbons (Fsp3) is 0.238. The van der Waals surface area contributed by atoms with E-state index < -0.39 is 0 Å². The summed E-state index contributed by atoms with van der Waals surface area (Å²) in [5.41, 5.74) is 2.03. The Balaban J connectivity index is 1.45. The van der Waals surface area contributed by atoms with Crippen LogP contribution >= 0.6 is 11.6 Å². The van der Waals surface area contributed by atoms with Crippen LogP contribution in [0.5, 0.6) is 5.75 Å². The van der Waals surface area contributed by atoms with E-state index in [1.165, 1.54) is 5.69 Å². The molecule has 0 amide bonds. The number of halogens is 1. The van der Waals surface area contributed by atoms with Gasteiger partial charge in [0.1, 0.15) is 11.6 Å². The van der Waals surface area contributed by atoms with Crippen molar-refractivity contribution in [3.05, 3.63) is 65.8 Å². The lowest BCUT2D eigenvalue weighted by molar-refractivity contribution is 0.417. The van der Waals surface area contributed by atoms with Crippen molar-refractivity contribution in [2.24, 2.45) is 0 Å². The van der Waals surface area contributed by atoms with Gasteiger partial charge in [0.15, 0.2) is 0 Å². The molecular weight excluding hydrogens is 374 g/mol. The van der Waals surface area contributed by atoms with Gasteiger partial charge in [-0.2, -0.15) is 4.98 Å². The Kier molecular flexibility index (Phi) is 5.48. The highest BCUT2D eigenvalue weighted by Gasteiger charge is 2.19. The summed E-state index contributed by atoms with van der Waals surface area (Å²) in [4.78, 5) is 13.7. The first-order chi connectivity index (χ1) is 13.7. The second-order valence-corrected chi connectivity index (χ2v) is 6.96. The van der Waals surface area contributed by atoms with Crippen molar-refractivity contribution in [2.45, 2.75) is 0 Å². The van der Waals surface area contributed by atoms with E-state index in [9.17, 15) is 0 Å². The van der Waals surface area contributed by atoms with Crippen LogP contribution in [0.25, 0.3) is 0 Å². The summed E-state index contributed by atoms with van der Waals surface area (Å²) in [6, 6.07) is 17.8. The molecule has 0 saturated carbocycles. The van der Waals surface area contributed by atoms with E-state index in [4.69, 9.17) is 16.3 Å². The second-order valence-electron chi connectivity index (χ2n) is 6.52. The molecule has 0 unspecified atom stereocenters. The van der Waals surface area contributed by atoms with Crippen molar-refractivity contribution in [2.75, 3.05) is 48.4 Å². The lowest BCUT2D eigenvalue weighted by atomic mass is 10.2. The van der Waals surface area contributed by atoms with Crippen LogP contribution < -0.4 is 19.9 Å². The van der Waals surface area contributed by atoms with Gasteiger partial charge >= 0.3 is 0 Å². The molecule has 4 rings (SSSR count). The summed E-state index contributed by atoms with van der Waals surface area (Å²) in [6.07, 6.45) is 1.77. The topological polar surface area (TPSA) is 53.5 Å². The van der Waals surface area contributed by atoms with Gasteiger partial charge in [0.25, 0.3) is 0 Å². The predicted molar refractivity (Wildman–Crippen MR) is 114 cm³/mol. The standard InChI is InChI=1S/C21H22ClN5O/c1-28-19-8-7-16(22)15-18(19)24-20-9-10-23-21(25-20)27-13-11-26(12-14-27)17-5-3-2-4-6-17/h2-10,15H,11-14H2,1H3,(H,23,24,25). The number of aromatic nitrogens is 2. The number of hydrogen-bond donors (Lipinski definition) is 1. The van der Waals surface area contributed by atoms with Crippen molar-refractivity contribution < 1.29 is 4.74 Å². The molecule has 7 heteroatoms. The molecule has 0 aliphatic carbocycles. The molecule has 0 bridgehead atoms. The molecule has 6 nitrogen and oxygen atoms in total. The van der Waals surface area contributed by atoms with Crippen molar-refractivity contribution in [3.8, 4) is 5.75 Å². The minimum atomic E-state index is 0.634. The molecule has 1 saturated heterocycles. The number of methoxy groups -OCH3 is 1. The minimum absolute atomic E-state index is 0.634. The van der Waals surface area contributed by atoms with Crippen LogP contribution in [0.15, 0.2) is 60.8 Å². The Labute approximate surface area is 169 Å². The van der Waals surface area contributed by atoms with E-state index in [-0.39, 0.29) is 0 Å². The molecule has 0 spiro atoms. The Morgan fingerprint density at radius 1 is 0.964 bits per heavy atom. The number of rotatable bonds is 5. The first-order valence-electron chi connectivity index (χ1n) is 9.21. The lowest BCUT2D eigenvalue weighted by Gasteiger charge is -2.36. The summed E-state index contributed by atoms with van der Waals surface area (Å²) in [6.45, 7) is 3.62. The number of ether oxygens (including phenoxy) is 1. The molecular formula is C21H22ClN5O. The quantitative estimate of drug-likeness (QED) is 0.698. The number of hydrogen-bond acceptors (Lipinski definition) is 6. The second kappa shape index (κ2) is 8.35. The fourth-order valence-corrected chi connectivity index (χ4v) is 3.46. The average molecular weight is 396 g/mol. The first-order valence-corrected chi connectivity index (χ1v) is 9.59. The zero-order valence-electron chi connectivity index (χ0n) is 15.7. The van der Waals surface area contributed by atoms with Crippen LogP contribution in [0.1, 0.15) is 0 Å². The maximum absolute atomic E-state index is 6.12. The zero-order chi connectivity index (χ0) is 19.3. The lowest BCUT2D eigenvalue weighted by Crippen LogP contribution is -2.47. The summed E-state index contributed by atoms with van der Waals surface area (Å²) in [5.74, 6) is 2.13. The Hall–Kier alpha value is -2.99. The van der Waals surface area contributed by atoms with Crippen LogP contribution in [-0.2, 0) is 0 Å². The van der Waals surface area contributed by atoms with Crippen molar-refractivity contribution in [1.29, 1.82) is 0 Å². The molecule has 3 aromatic rings. The van der Waals surface area contributed by atoms with Gasteiger partial charge in [-0.25, -0.2) is 4.98 Å². The van der Waals surface area contributed by atoms with Crippen molar-refractivity contribution in [3.63, 3.8) is 0 Å². The molecule has 1 aromatic heterocycles. The van der Waals surface area contributed by atoms with E-state index >= 15 is 0 Å². The van der Waals surface area contributed by atoms with Gasteiger partial charge in [-0.15, -0.1) is 0 Å². The van der Waals surface area contributed by atoms with Crippen LogP contribution in [0, 0.1) is 0 Å². The van der Waals surface area contributed by atoms with Crippen LogP contribution in [-0.4, -0.2) is 43.3 Å². The SMILES string of the molecule is COc1ccc(Cl)cc1Nc1ccnc(N2CCN(c3ccccc3)CC2)n1. The summed E-state index contributed by atoms with van der Waals surface area (Å²) in [7, 11) is 1.63. The van der Waals surface area contributed by atoms with E-state index in [0.29, 0.717) is 16.6 Å². The van der Waals surface area contributed by atoms with Gasteiger partial charge in [-0.1, -0.05) is 29.8 Å². The molecule has 144 valence electrons. The third kappa shape index (κ3) is 4.12. The summed E-state index contributed by atoms with van der Waals surface area (Å²) >= 11 is 6.12. The fourth-order valence-electron chi connectivity index (χ4n) is 3.29. The molecule has 1 fully saturated rings. The molecule has 2 aromatic carbocycles. The summed E-state index contributed by atoms with van der Waals surface area (Å²) < 4.78 is 5.39. The van der Waals surface area contributed by atoms with Gasteiger partial charge in [0.05, 0.1) is 12.8 Å². The normalized spacial score (nSPS) is 14.1. The Bertz CT molecular complexity index is 929. The molecule has 0 atom stereocenters. The van der Waals surface area contributed by atoms with Gasteiger partial charge in [0, 0.05) is 43.1 Å². The molecule has 1 aliphatic rings. The maximum atomic E-state index is 6.12. The molecule has 28 heavy (non-hydrogen) atoms. The maximum Gasteiger partial charge on any atom is 0.227 e. The van der Waals surface area contributed by atoms with E-state index in [1.807, 2.05) is 24.3 Å². The van der Waals surface area contributed by atoms with Gasteiger partial charge in [-0.3, -0.25) is 0 Å². The van der Waals surface area contributed by atoms with Gasteiger partial charge < -0.3 is 19.9 Å². The number of piperazine rings is 1. The third-order valence-corrected chi connectivity index (χ3v) is 4.99. The number of nitrogens with one attached hydrogen (secondary N) is 1. The number of para-hydroxylation sites is 1. The van der Waals surface area contributed by atoms with Crippen LogP contribution in [0.3, 0.4) is 0 Å². The van der Waals surface area contributed by atoms with Crippen LogP contribution in [0.2, 0.25) is 5.02 Å². The number of nitrogens with zero attached hydrogens (tertiary/aromatic N) is 4. The molecule has 0 radical (unpaired) electrons. The highest BCUT2D eigenvalue weighted by molar-refractivity contribution is 6.31. The average Bonchev–Trinajstić information content (AvgIpc) is 2.75. The Morgan fingerprint density at radius 3 is 2.46 bits per heavy atom. The number of benzene rings is 2. The number of anilines is 4. The third-order valence-electron chi connectivity index (χ3n) is 4.75. The largest absolute Gasteiger partial charge is 0.495 e. The highest BCUT2D eigenvalue weighted by Crippen LogP contribution is 2.30. The Morgan fingerprint density at radius 2 is 1.71 bits per heavy atom.